The number of amides is 2. The molecule has 0 radical (unpaired) electrons. The quantitative estimate of drug-likeness (QED) is 0.510. The SMILES string of the molecule is O=C(NN1C(=O)CSC1=S)c1ccccc1[N+](=O)[O-]. The van der Waals surface area contributed by atoms with Gasteiger partial charge in [0.15, 0.2) is 4.32 Å². The highest BCUT2D eigenvalue weighted by Gasteiger charge is 2.30. The fourth-order valence-corrected chi connectivity index (χ4v) is 2.43. The largest absolute Gasteiger partial charge is 0.282 e. The third-order valence-electron chi connectivity index (χ3n) is 2.31. The number of thioether (sulfide) groups is 1. The Morgan fingerprint density at radius 3 is 2.74 bits per heavy atom. The van der Waals surface area contributed by atoms with Gasteiger partial charge in [0.25, 0.3) is 17.5 Å². The van der Waals surface area contributed by atoms with Gasteiger partial charge in [-0.25, -0.2) is 5.01 Å². The van der Waals surface area contributed by atoms with Gasteiger partial charge in [0.2, 0.25) is 0 Å². The monoisotopic (exact) mass is 297 g/mol. The van der Waals surface area contributed by atoms with E-state index in [0.29, 0.717) is 0 Å². The molecular formula is C10H7N3O4S2. The van der Waals surface area contributed by atoms with Gasteiger partial charge in [0, 0.05) is 6.07 Å². The van der Waals surface area contributed by atoms with Gasteiger partial charge in [0.1, 0.15) is 5.56 Å². The molecule has 0 aromatic heterocycles. The fourth-order valence-electron chi connectivity index (χ4n) is 1.45. The summed E-state index contributed by atoms with van der Waals surface area (Å²) in [5.74, 6) is -0.955. The van der Waals surface area contributed by atoms with Crippen molar-refractivity contribution in [1.29, 1.82) is 0 Å². The number of thiocarbonyl (C=S) groups is 1. The van der Waals surface area contributed by atoms with Crippen molar-refractivity contribution >= 4 is 45.8 Å². The number of nitro groups is 1. The van der Waals surface area contributed by atoms with E-state index in [-0.39, 0.29) is 27.2 Å². The molecule has 0 bridgehead atoms. The summed E-state index contributed by atoms with van der Waals surface area (Å²) in [6.45, 7) is 0. The van der Waals surface area contributed by atoms with Crippen LogP contribution in [0.1, 0.15) is 10.4 Å². The van der Waals surface area contributed by atoms with Crippen molar-refractivity contribution in [3.05, 3.63) is 39.9 Å². The molecule has 0 unspecified atom stereocenters. The number of hydrogen-bond donors (Lipinski definition) is 1. The van der Waals surface area contributed by atoms with Crippen molar-refractivity contribution < 1.29 is 14.5 Å². The molecule has 98 valence electrons. The number of carbonyl (C=O) groups excluding carboxylic acids is 2. The molecule has 1 aliphatic rings. The fraction of sp³-hybridized carbons (Fsp3) is 0.100. The van der Waals surface area contributed by atoms with Crippen molar-refractivity contribution in [1.82, 2.24) is 10.4 Å². The summed E-state index contributed by atoms with van der Waals surface area (Å²) in [7, 11) is 0. The Bertz CT molecular complexity index is 574. The lowest BCUT2D eigenvalue weighted by Crippen LogP contribution is -2.45. The van der Waals surface area contributed by atoms with Crippen molar-refractivity contribution in [3.63, 3.8) is 0 Å². The molecule has 0 saturated carbocycles. The summed E-state index contributed by atoms with van der Waals surface area (Å²) < 4.78 is 0.219. The lowest BCUT2D eigenvalue weighted by atomic mass is 10.2. The van der Waals surface area contributed by atoms with E-state index in [1.165, 1.54) is 24.3 Å². The second-order valence-electron chi connectivity index (χ2n) is 3.50. The number of hydrogen-bond acceptors (Lipinski definition) is 6. The molecule has 1 heterocycles. The number of rotatable bonds is 3. The molecule has 9 heteroatoms. The lowest BCUT2D eigenvalue weighted by molar-refractivity contribution is -0.385. The predicted octanol–water partition coefficient (Wildman–Crippen LogP) is 1.10. The standard InChI is InChI=1S/C10H7N3O4S2/c14-8-5-19-10(18)12(8)11-9(15)6-3-1-2-4-7(6)13(16)17/h1-4H,5H2,(H,11,15). The minimum atomic E-state index is -0.745. The summed E-state index contributed by atoms with van der Waals surface area (Å²) in [6.07, 6.45) is 0. The summed E-state index contributed by atoms with van der Waals surface area (Å²) >= 11 is 6.01. The minimum Gasteiger partial charge on any atom is -0.272 e. The highest BCUT2D eigenvalue weighted by atomic mass is 32.2. The molecule has 19 heavy (non-hydrogen) atoms. The Morgan fingerprint density at radius 1 is 1.47 bits per heavy atom. The number of nitro benzene ring substituents is 1. The summed E-state index contributed by atoms with van der Waals surface area (Å²) in [4.78, 5) is 33.5. The van der Waals surface area contributed by atoms with Crippen molar-refractivity contribution in [2.75, 3.05) is 5.75 Å². The smallest absolute Gasteiger partial charge is 0.272 e. The molecule has 0 spiro atoms. The first-order valence-corrected chi connectivity index (χ1v) is 6.44. The minimum absolute atomic E-state index is 0.125. The van der Waals surface area contributed by atoms with E-state index >= 15 is 0 Å². The van der Waals surface area contributed by atoms with E-state index in [9.17, 15) is 19.7 Å². The van der Waals surface area contributed by atoms with Gasteiger partial charge in [-0.2, -0.15) is 0 Å². The molecule has 1 aliphatic heterocycles. The molecular weight excluding hydrogens is 290 g/mol. The highest BCUT2D eigenvalue weighted by Crippen LogP contribution is 2.20. The zero-order valence-corrected chi connectivity index (χ0v) is 11.0. The Morgan fingerprint density at radius 2 is 2.16 bits per heavy atom. The molecule has 7 nitrogen and oxygen atoms in total. The third kappa shape index (κ3) is 2.71. The molecule has 2 amide bonds. The first-order valence-electron chi connectivity index (χ1n) is 5.05. The van der Waals surface area contributed by atoms with E-state index in [0.717, 1.165) is 16.8 Å². The number of para-hydroxylation sites is 1. The van der Waals surface area contributed by atoms with Gasteiger partial charge in [-0.1, -0.05) is 36.1 Å². The average Bonchev–Trinajstić information content (AvgIpc) is 2.70. The van der Waals surface area contributed by atoms with E-state index in [1.807, 2.05) is 0 Å². The van der Waals surface area contributed by atoms with Gasteiger partial charge in [-0.15, -0.1) is 0 Å². The summed E-state index contributed by atoms with van der Waals surface area (Å²) in [6, 6.07) is 5.48. The third-order valence-corrected chi connectivity index (χ3v) is 3.67. The Hall–Kier alpha value is -2.00. The van der Waals surface area contributed by atoms with Gasteiger partial charge in [0.05, 0.1) is 10.7 Å². The van der Waals surface area contributed by atoms with Gasteiger partial charge in [-0.3, -0.25) is 25.1 Å². The van der Waals surface area contributed by atoms with Gasteiger partial charge in [-0.05, 0) is 6.07 Å². The van der Waals surface area contributed by atoms with Crippen molar-refractivity contribution in [3.8, 4) is 0 Å². The molecule has 1 saturated heterocycles. The maximum atomic E-state index is 11.9. The highest BCUT2D eigenvalue weighted by molar-refractivity contribution is 8.23. The van der Waals surface area contributed by atoms with Crippen LogP contribution in [0.5, 0.6) is 0 Å². The van der Waals surface area contributed by atoms with Crippen molar-refractivity contribution in [2.24, 2.45) is 0 Å². The Kier molecular flexibility index (Phi) is 3.76. The maximum absolute atomic E-state index is 11.9. The van der Waals surface area contributed by atoms with Crippen LogP contribution >= 0.6 is 24.0 Å². The number of carbonyl (C=O) groups is 2. The zero-order chi connectivity index (χ0) is 14.0. The van der Waals surface area contributed by atoms with E-state index in [2.05, 4.69) is 5.43 Å². The molecule has 1 fully saturated rings. The lowest BCUT2D eigenvalue weighted by Gasteiger charge is -2.15. The normalized spacial score (nSPS) is 14.6. The first kappa shape index (κ1) is 13.4. The number of nitrogens with zero attached hydrogens (tertiary/aromatic N) is 2. The van der Waals surface area contributed by atoms with Crippen LogP contribution in [0.25, 0.3) is 0 Å². The van der Waals surface area contributed by atoms with E-state index in [1.54, 1.807) is 0 Å². The van der Waals surface area contributed by atoms with Gasteiger partial charge >= 0.3 is 0 Å². The summed E-state index contributed by atoms with van der Waals surface area (Å²) in [5, 5.41) is 11.7. The average molecular weight is 297 g/mol. The first-order chi connectivity index (χ1) is 9.00. The number of hydrazine groups is 1. The Labute approximate surface area is 117 Å². The second-order valence-corrected chi connectivity index (χ2v) is 5.11. The predicted molar refractivity (Wildman–Crippen MR) is 72.5 cm³/mol. The summed E-state index contributed by atoms with van der Waals surface area (Å²) in [5.41, 5.74) is 1.81. The van der Waals surface area contributed by atoms with Crippen LogP contribution in [-0.4, -0.2) is 31.8 Å². The number of benzene rings is 1. The van der Waals surface area contributed by atoms with Crippen LogP contribution in [0.3, 0.4) is 0 Å². The Balaban J connectivity index is 2.23. The molecule has 0 atom stereocenters. The van der Waals surface area contributed by atoms with E-state index < -0.39 is 10.8 Å². The second kappa shape index (κ2) is 5.33. The van der Waals surface area contributed by atoms with Crippen molar-refractivity contribution in [2.45, 2.75) is 0 Å². The van der Waals surface area contributed by atoms with Gasteiger partial charge < -0.3 is 0 Å². The molecule has 0 aliphatic carbocycles. The molecule has 1 aromatic rings. The topological polar surface area (TPSA) is 92.6 Å². The van der Waals surface area contributed by atoms with Crippen LogP contribution < -0.4 is 5.43 Å². The van der Waals surface area contributed by atoms with Crippen LogP contribution in [0.4, 0.5) is 5.69 Å². The van der Waals surface area contributed by atoms with Crippen LogP contribution in [0.15, 0.2) is 24.3 Å². The van der Waals surface area contributed by atoms with Crippen LogP contribution in [0, 0.1) is 10.1 Å². The van der Waals surface area contributed by atoms with E-state index in [4.69, 9.17) is 12.2 Å². The van der Waals surface area contributed by atoms with Crippen LogP contribution in [0.2, 0.25) is 0 Å². The zero-order valence-electron chi connectivity index (χ0n) is 9.36. The molecule has 1 N–H and O–H groups in total. The van der Waals surface area contributed by atoms with Crippen LogP contribution in [-0.2, 0) is 4.79 Å². The maximum Gasteiger partial charge on any atom is 0.282 e. The number of nitrogens with one attached hydrogen (secondary N) is 1. The molecule has 1 aromatic carbocycles. The molecule has 2 rings (SSSR count).